The smallest absolute Gasteiger partial charge is 0.272 e. The molecule has 26 heavy (non-hydrogen) atoms. The van der Waals surface area contributed by atoms with Gasteiger partial charge in [0.2, 0.25) is 0 Å². The van der Waals surface area contributed by atoms with Gasteiger partial charge in [0, 0.05) is 24.8 Å². The first kappa shape index (κ1) is 16.7. The molecule has 1 unspecified atom stereocenters. The van der Waals surface area contributed by atoms with Crippen molar-refractivity contribution in [1.82, 2.24) is 19.7 Å². The monoisotopic (exact) mass is 359 g/mol. The number of rotatable bonds is 6. The van der Waals surface area contributed by atoms with Gasteiger partial charge in [-0.3, -0.25) is 4.40 Å². The Morgan fingerprint density at radius 1 is 1.35 bits per heavy atom. The molecule has 6 nitrogen and oxygen atoms in total. The van der Waals surface area contributed by atoms with Crippen LogP contribution in [0.15, 0.2) is 42.7 Å². The molecule has 136 valence electrons. The zero-order valence-electron chi connectivity index (χ0n) is 14.0. The number of nitrogens with zero attached hydrogens (tertiary/aromatic N) is 3. The first-order chi connectivity index (χ1) is 12.7. The van der Waals surface area contributed by atoms with E-state index in [4.69, 9.17) is 4.74 Å². The van der Waals surface area contributed by atoms with Crippen molar-refractivity contribution in [2.24, 2.45) is 0 Å². The van der Waals surface area contributed by atoms with E-state index in [1.807, 2.05) is 22.6 Å². The van der Waals surface area contributed by atoms with Crippen molar-refractivity contribution in [2.45, 2.75) is 18.9 Å². The molecule has 1 fully saturated rings. The number of hydrogen-bond donors (Lipinski definition) is 2. The van der Waals surface area contributed by atoms with E-state index >= 15 is 0 Å². The lowest BCUT2D eigenvalue weighted by molar-refractivity contribution is 0.0819. The number of ether oxygens (including phenoxy) is 1. The fourth-order valence-corrected chi connectivity index (χ4v) is 3.05. The Balaban J connectivity index is 1.58. The molecule has 0 bridgehead atoms. The van der Waals surface area contributed by atoms with E-state index in [9.17, 15) is 8.78 Å². The molecule has 4 heterocycles. The normalized spacial score (nSPS) is 17.1. The number of fused-ring (bicyclic) bond motifs is 1. The highest BCUT2D eigenvalue weighted by molar-refractivity contribution is 5.62. The van der Waals surface area contributed by atoms with Crippen molar-refractivity contribution in [1.29, 1.82) is 0 Å². The summed E-state index contributed by atoms with van der Waals surface area (Å²) in [6.07, 6.45) is 2.04. The van der Waals surface area contributed by atoms with Crippen LogP contribution in [-0.2, 0) is 0 Å². The van der Waals surface area contributed by atoms with Gasteiger partial charge in [-0.05, 0) is 31.2 Å². The van der Waals surface area contributed by atoms with Crippen molar-refractivity contribution in [2.75, 3.05) is 25.0 Å². The Morgan fingerprint density at radius 2 is 2.27 bits per heavy atom. The third-order valence-electron chi connectivity index (χ3n) is 4.28. The maximum absolute atomic E-state index is 12.3. The van der Waals surface area contributed by atoms with Gasteiger partial charge in [0.25, 0.3) is 6.43 Å². The SMILES string of the molecule is FC(F)COc1ccn2c(-c3cccc(NC4CCNC4)n3)cnc2c1. The molecule has 4 rings (SSSR count). The largest absolute Gasteiger partial charge is 0.487 e. The third kappa shape index (κ3) is 3.60. The van der Waals surface area contributed by atoms with Crippen molar-refractivity contribution in [3.63, 3.8) is 0 Å². The van der Waals surface area contributed by atoms with Gasteiger partial charge < -0.3 is 15.4 Å². The average molecular weight is 359 g/mol. The van der Waals surface area contributed by atoms with E-state index in [0.29, 0.717) is 17.4 Å². The standard InChI is InChI=1S/C18H19F2N5O/c19-16(20)11-26-13-5-7-25-15(10-22-18(25)8-13)14-2-1-3-17(24-14)23-12-4-6-21-9-12/h1-3,5,7-8,10,12,16,21H,4,6,9,11H2,(H,23,24). The molecule has 0 amide bonds. The predicted octanol–water partition coefficient (Wildman–Crippen LogP) is 2.81. The summed E-state index contributed by atoms with van der Waals surface area (Å²) in [5.74, 6) is 1.19. The minimum absolute atomic E-state index is 0.368. The molecule has 3 aromatic heterocycles. The minimum Gasteiger partial charge on any atom is -0.487 e. The number of imidazole rings is 1. The van der Waals surface area contributed by atoms with E-state index in [1.165, 1.54) is 0 Å². The molecule has 0 saturated carbocycles. The summed E-state index contributed by atoms with van der Waals surface area (Å²) in [5, 5.41) is 6.75. The Bertz CT molecular complexity index is 892. The second-order valence-electron chi connectivity index (χ2n) is 6.18. The fraction of sp³-hybridized carbons (Fsp3) is 0.333. The Hall–Kier alpha value is -2.74. The lowest BCUT2D eigenvalue weighted by atomic mass is 10.2. The summed E-state index contributed by atoms with van der Waals surface area (Å²) in [6.45, 7) is 1.32. The van der Waals surface area contributed by atoms with Crippen LogP contribution >= 0.6 is 0 Å². The van der Waals surface area contributed by atoms with Gasteiger partial charge in [-0.25, -0.2) is 18.7 Å². The van der Waals surface area contributed by atoms with Gasteiger partial charge in [0.05, 0.1) is 17.6 Å². The number of alkyl halides is 2. The van der Waals surface area contributed by atoms with Gasteiger partial charge in [-0.1, -0.05) is 6.07 Å². The van der Waals surface area contributed by atoms with Gasteiger partial charge in [-0.2, -0.15) is 0 Å². The highest BCUT2D eigenvalue weighted by atomic mass is 19.3. The lowest BCUT2D eigenvalue weighted by Gasteiger charge is -2.12. The van der Waals surface area contributed by atoms with Crippen molar-refractivity contribution in [3.05, 3.63) is 42.7 Å². The predicted molar refractivity (Wildman–Crippen MR) is 94.8 cm³/mol. The van der Waals surface area contributed by atoms with Gasteiger partial charge in [0.15, 0.2) is 0 Å². The first-order valence-electron chi connectivity index (χ1n) is 8.52. The summed E-state index contributed by atoms with van der Waals surface area (Å²) in [6, 6.07) is 9.48. The number of nitrogens with one attached hydrogen (secondary N) is 2. The second-order valence-corrected chi connectivity index (χ2v) is 6.18. The van der Waals surface area contributed by atoms with Crippen LogP contribution in [0, 0.1) is 0 Å². The van der Waals surface area contributed by atoms with Gasteiger partial charge >= 0.3 is 0 Å². The summed E-state index contributed by atoms with van der Waals surface area (Å²) >= 11 is 0. The molecular weight excluding hydrogens is 340 g/mol. The quantitative estimate of drug-likeness (QED) is 0.709. The first-order valence-corrected chi connectivity index (χ1v) is 8.52. The summed E-state index contributed by atoms with van der Waals surface area (Å²) in [7, 11) is 0. The average Bonchev–Trinajstić information content (AvgIpc) is 3.29. The Kier molecular flexibility index (Phi) is 4.66. The number of halogens is 2. The minimum atomic E-state index is -2.50. The summed E-state index contributed by atoms with van der Waals surface area (Å²) < 4.78 is 31.5. The van der Waals surface area contributed by atoms with Crippen molar-refractivity contribution >= 4 is 11.5 Å². The topological polar surface area (TPSA) is 63.5 Å². The molecule has 0 spiro atoms. The van der Waals surface area contributed by atoms with Crippen LogP contribution in [0.4, 0.5) is 14.6 Å². The molecule has 0 radical (unpaired) electrons. The second kappa shape index (κ2) is 7.25. The van der Waals surface area contributed by atoms with Crippen LogP contribution in [0.2, 0.25) is 0 Å². The van der Waals surface area contributed by atoms with E-state index in [-0.39, 0.29) is 0 Å². The molecule has 1 aliphatic rings. The molecule has 1 atom stereocenters. The molecule has 3 aromatic rings. The van der Waals surface area contributed by atoms with Crippen LogP contribution in [0.5, 0.6) is 5.75 Å². The Morgan fingerprint density at radius 3 is 3.08 bits per heavy atom. The molecule has 2 N–H and O–H groups in total. The molecule has 1 aliphatic heterocycles. The van der Waals surface area contributed by atoms with Crippen LogP contribution in [-0.4, -0.2) is 46.5 Å². The van der Waals surface area contributed by atoms with Gasteiger partial charge in [-0.15, -0.1) is 0 Å². The maximum atomic E-state index is 12.3. The molecule has 0 aromatic carbocycles. The molecule has 1 saturated heterocycles. The third-order valence-corrected chi connectivity index (χ3v) is 4.28. The number of aromatic nitrogens is 3. The van der Waals surface area contributed by atoms with E-state index in [2.05, 4.69) is 20.6 Å². The number of anilines is 1. The van der Waals surface area contributed by atoms with E-state index in [0.717, 1.165) is 36.7 Å². The van der Waals surface area contributed by atoms with Crippen LogP contribution in [0.1, 0.15) is 6.42 Å². The zero-order chi connectivity index (χ0) is 17.9. The summed E-state index contributed by atoms with van der Waals surface area (Å²) in [4.78, 5) is 9.02. The fourth-order valence-electron chi connectivity index (χ4n) is 3.05. The van der Waals surface area contributed by atoms with Gasteiger partial charge in [0.1, 0.15) is 23.8 Å². The zero-order valence-corrected chi connectivity index (χ0v) is 14.0. The van der Waals surface area contributed by atoms with Crippen LogP contribution < -0.4 is 15.4 Å². The van der Waals surface area contributed by atoms with E-state index < -0.39 is 13.0 Å². The van der Waals surface area contributed by atoms with Crippen molar-refractivity contribution in [3.8, 4) is 17.1 Å². The number of pyridine rings is 2. The maximum Gasteiger partial charge on any atom is 0.272 e. The van der Waals surface area contributed by atoms with Crippen LogP contribution in [0.3, 0.4) is 0 Å². The molecule has 0 aliphatic carbocycles. The summed E-state index contributed by atoms with van der Waals surface area (Å²) in [5.41, 5.74) is 2.23. The molecular formula is C18H19F2N5O. The highest BCUT2D eigenvalue weighted by Gasteiger charge is 2.15. The van der Waals surface area contributed by atoms with Crippen LogP contribution in [0.25, 0.3) is 17.0 Å². The lowest BCUT2D eigenvalue weighted by Crippen LogP contribution is -2.22. The number of hydrogen-bond acceptors (Lipinski definition) is 5. The highest BCUT2D eigenvalue weighted by Crippen LogP contribution is 2.23. The molecule has 8 heteroatoms. The van der Waals surface area contributed by atoms with E-state index in [1.54, 1.807) is 24.5 Å². The van der Waals surface area contributed by atoms with Crippen molar-refractivity contribution < 1.29 is 13.5 Å². The Labute approximate surface area is 149 Å².